The molecule has 0 radical (unpaired) electrons. The smallest absolute Gasteiger partial charge is 0.303 e. The van der Waals surface area contributed by atoms with Gasteiger partial charge in [-0.2, -0.15) is 5.26 Å². The number of carboxylic acids is 1. The molecule has 2 aromatic carbocycles. The van der Waals surface area contributed by atoms with E-state index in [1.807, 2.05) is 29.0 Å². The number of aliphatic carboxylic acids is 1. The first-order valence-corrected chi connectivity index (χ1v) is 15.4. The van der Waals surface area contributed by atoms with Crippen LogP contribution in [0.2, 0.25) is 5.02 Å². The molecule has 0 aliphatic carbocycles. The molecule has 0 saturated carbocycles. The minimum Gasteiger partial charge on any atom is -0.494 e. The van der Waals surface area contributed by atoms with Gasteiger partial charge >= 0.3 is 5.97 Å². The van der Waals surface area contributed by atoms with Crippen LogP contribution in [-0.2, 0) is 14.8 Å². The van der Waals surface area contributed by atoms with E-state index in [0.717, 1.165) is 4.88 Å². The molecule has 3 heterocycles. The third kappa shape index (κ3) is 5.31. The number of hydrogen-bond donors (Lipinski definition) is 1. The van der Waals surface area contributed by atoms with Crippen molar-refractivity contribution in [2.45, 2.75) is 24.2 Å². The summed E-state index contributed by atoms with van der Waals surface area (Å²) < 4.78 is 35.7. The Bertz CT molecular complexity index is 1800. The van der Waals surface area contributed by atoms with Gasteiger partial charge in [0.1, 0.15) is 16.7 Å². The van der Waals surface area contributed by atoms with Crippen LogP contribution >= 0.6 is 34.3 Å². The lowest BCUT2D eigenvalue weighted by Crippen LogP contribution is -2.14. The molecule has 0 bridgehead atoms. The molecule has 11 heteroatoms. The van der Waals surface area contributed by atoms with Crippen molar-refractivity contribution in [2.24, 2.45) is 0 Å². The van der Waals surface area contributed by atoms with E-state index in [2.05, 4.69) is 6.07 Å². The molecule has 0 fully saturated rings. The number of rotatable bonds is 10. The molecule has 198 valence electrons. The van der Waals surface area contributed by atoms with Crippen molar-refractivity contribution < 1.29 is 23.1 Å². The van der Waals surface area contributed by atoms with Crippen LogP contribution in [0.4, 0.5) is 0 Å². The zero-order valence-corrected chi connectivity index (χ0v) is 23.5. The van der Waals surface area contributed by atoms with Gasteiger partial charge < -0.3 is 9.84 Å². The number of hydrogen-bond acceptors (Lipinski definition) is 7. The lowest BCUT2D eigenvalue weighted by atomic mass is 10.0. The van der Waals surface area contributed by atoms with Crippen molar-refractivity contribution in [3.05, 3.63) is 81.3 Å². The molecule has 0 aliphatic rings. The fourth-order valence-electron chi connectivity index (χ4n) is 4.36. The number of nitrogens with zero attached hydrogens (tertiary/aromatic N) is 2. The summed E-state index contributed by atoms with van der Waals surface area (Å²) in [6.07, 6.45) is 1.07. The van der Waals surface area contributed by atoms with Gasteiger partial charge in [0.2, 0.25) is 0 Å². The Morgan fingerprint density at radius 2 is 1.85 bits per heavy atom. The molecule has 39 heavy (non-hydrogen) atoms. The van der Waals surface area contributed by atoms with E-state index < -0.39 is 16.0 Å². The van der Waals surface area contributed by atoms with Crippen LogP contribution in [0, 0.1) is 11.3 Å². The van der Waals surface area contributed by atoms with Gasteiger partial charge in [0.15, 0.2) is 0 Å². The van der Waals surface area contributed by atoms with Crippen LogP contribution < -0.4 is 4.74 Å². The molecular formula is C28H21ClN2O5S3. The average molecular weight is 597 g/mol. The molecule has 0 unspecified atom stereocenters. The van der Waals surface area contributed by atoms with E-state index in [1.54, 1.807) is 18.2 Å². The number of fused-ring (bicyclic) bond motifs is 1. The van der Waals surface area contributed by atoms with E-state index in [1.165, 1.54) is 50.9 Å². The van der Waals surface area contributed by atoms with Gasteiger partial charge in [0.25, 0.3) is 10.0 Å². The van der Waals surface area contributed by atoms with Crippen LogP contribution in [0.5, 0.6) is 5.75 Å². The molecule has 0 saturated heterocycles. The van der Waals surface area contributed by atoms with Crippen LogP contribution in [0.15, 0.2) is 76.3 Å². The Labute approximate surface area is 238 Å². The molecule has 7 nitrogen and oxygen atoms in total. The van der Waals surface area contributed by atoms with E-state index in [-0.39, 0.29) is 17.9 Å². The topological polar surface area (TPSA) is 109 Å². The van der Waals surface area contributed by atoms with Crippen molar-refractivity contribution in [1.29, 1.82) is 5.26 Å². The highest BCUT2D eigenvalue weighted by Crippen LogP contribution is 2.46. The molecule has 0 spiro atoms. The fourth-order valence-corrected chi connectivity index (χ4v) is 7.53. The second kappa shape index (κ2) is 11.2. The van der Waals surface area contributed by atoms with Gasteiger partial charge in [-0.3, -0.25) is 4.79 Å². The summed E-state index contributed by atoms with van der Waals surface area (Å²) in [5.74, 6) is -0.404. The summed E-state index contributed by atoms with van der Waals surface area (Å²) in [5, 5.41) is 23.4. The third-order valence-electron chi connectivity index (χ3n) is 6.09. The Balaban J connectivity index is 1.75. The number of ether oxygens (including phenoxy) is 1. The molecule has 5 aromatic rings. The lowest BCUT2D eigenvalue weighted by molar-refractivity contribution is -0.137. The van der Waals surface area contributed by atoms with Gasteiger partial charge in [0.05, 0.1) is 27.6 Å². The fraction of sp³-hybridized carbons (Fsp3) is 0.143. The number of nitriles is 1. The monoisotopic (exact) mass is 596 g/mol. The van der Waals surface area contributed by atoms with E-state index in [9.17, 15) is 18.5 Å². The number of thiophene rings is 2. The largest absolute Gasteiger partial charge is 0.494 e. The summed E-state index contributed by atoms with van der Waals surface area (Å²) >= 11 is 8.75. The van der Waals surface area contributed by atoms with Gasteiger partial charge in [-0.25, -0.2) is 12.4 Å². The maximum absolute atomic E-state index is 14.3. The number of aromatic nitrogens is 1. The minimum absolute atomic E-state index is 0.0555. The predicted molar refractivity (Wildman–Crippen MR) is 154 cm³/mol. The number of halogens is 1. The van der Waals surface area contributed by atoms with Crippen molar-refractivity contribution in [1.82, 2.24) is 3.97 Å². The number of benzene rings is 2. The van der Waals surface area contributed by atoms with Crippen molar-refractivity contribution in [3.8, 4) is 33.5 Å². The molecular weight excluding hydrogens is 576 g/mol. The van der Waals surface area contributed by atoms with Crippen LogP contribution in [0.25, 0.3) is 32.6 Å². The first-order chi connectivity index (χ1) is 18.8. The van der Waals surface area contributed by atoms with Crippen LogP contribution in [0.1, 0.15) is 24.1 Å². The van der Waals surface area contributed by atoms with Gasteiger partial charge in [0, 0.05) is 34.0 Å². The highest BCUT2D eigenvalue weighted by atomic mass is 35.5. The Morgan fingerprint density at radius 1 is 1.05 bits per heavy atom. The summed E-state index contributed by atoms with van der Waals surface area (Å²) in [7, 11) is -4.12. The first kappa shape index (κ1) is 27.0. The normalized spacial score (nSPS) is 11.5. The second-order valence-electron chi connectivity index (χ2n) is 8.58. The molecule has 0 atom stereocenters. The predicted octanol–water partition coefficient (Wildman–Crippen LogP) is 7.49. The van der Waals surface area contributed by atoms with Gasteiger partial charge in [-0.15, -0.1) is 22.7 Å². The zero-order valence-electron chi connectivity index (χ0n) is 20.3. The Morgan fingerprint density at radius 3 is 2.54 bits per heavy atom. The number of carbonyl (C=O) groups is 1. The molecule has 1 N–H and O–H groups in total. The number of carboxylic acid groups (broad SMARTS) is 1. The minimum atomic E-state index is -4.12. The van der Waals surface area contributed by atoms with Crippen LogP contribution in [-0.4, -0.2) is 30.1 Å². The molecule has 3 aromatic heterocycles. The van der Waals surface area contributed by atoms with E-state index in [0.29, 0.717) is 56.2 Å². The summed E-state index contributed by atoms with van der Waals surface area (Å²) in [5.41, 5.74) is 2.17. The standard InChI is InChI=1S/C28H21ClN2O5S3/c29-18-6-9-20(10-7-18)39(34,35)31-23-16-19(36-13-2-1-5-26(32)33)8-11-21(23)27(22-12-15-38-25(22)17-30)28(31)24-4-3-14-37-24/h3-4,6-12,14-16H,1-2,5,13H2,(H,32,33). The maximum Gasteiger partial charge on any atom is 0.303 e. The molecule has 0 amide bonds. The van der Waals surface area contributed by atoms with Crippen molar-refractivity contribution in [2.75, 3.05) is 6.61 Å². The Hall–Kier alpha value is -3.62. The van der Waals surface area contributed by atoms with E-state index in [4.69, 9.17) is 21.4 Å². The summed E-state index contributed by atoms with van der Waals surface area (Å²) in [6.45, 7) is 0.289. The average Bonchev–Trinajstić information content (AvgIpc) is 3.66. The third-order valence-corrected chi connectivity index (χ3v) is 9.77. The summed E-state index contributed by atoms with van der Waals surface area (Å²) in [4.78, 5) is 12.1. The molecule has 0 aliphatic heterocycles. The highest BCUT2D eigenvalue weighted by molar-refractivity contribution is 7.90. The van der Waals surface area contributed by atoms with E-state index >= 15 is 0 Å². The Kier molecular flexibility index (Phi) is 7.77. The zero-order chi connectivity index (χ0) is 27.6. The van der Waals surface area contributed by atoms with Crippen LogP contribution in [0.3, 0.4) is 0 Å². The lowest BCUT2D eigenvalue weighted by Gasteiger charge is -2.13. The first-order valence-electron chi connectivity index (χ1n) is 11.9. The maximum atomic E-state index is 14.3. The van der Waals surface area contributed by atoms with Crippen molar-refractivity contribution >= 4 is 61.2 Å². The highest BCUT2D eigenvalue weighted by Gasteiger charge is 2.30. The summed E-state index contributed by atoms with van der Waals surface area (Å²) in [6, 6.07) is 19.0. The molecule has 5 rings (SSSR count). The SMILES string of the molecule is N#Cc1sccc1-c1c(-c2cccs2)n(S(=O)(=O)c2ccc(Cl)cc2)c2cc(OCCCCC(=O)O)ccc12. The van der Waals surface area contributed by atoms with Crippen molar-refractivity contribution in [3.63, 3.8) is 0 Å². The quantitative estimate of drug-likeness (QED) is 0.167. The van der Waals surface area contributed by atoms with Gasteiger partial charge in [-0.05, 0) is 72.1 Å². The second-order valence-corrected chi connectivity index (χ2v) is 12.7. The van der Waals surface area contributed by atoms with Gasteiger partial charge in [-0.1, -0.05) is 17.7 Å². The number of unbranched alkanes of at least 4 members (excludes halogenated alkanes) is 1.